The van der Waals surface area contributed by atoms with Gasteiger partial charge in [0.2, 0.25) is 0 Å². The molecule has 0 N–H and O–H groups in total. The van der Waals surface area contributed by atoms with Crippen LogP contribution in [0.5, 0.6) is 0 Å². The maximum absolute atomic E-state index is 12.5. The van der Waals surface area contributed by atoms with E-state index in [1.165, 1.54) is 0 Å². The van der Waals surface area contributed by atoms with Gasteiger partial charge in [-0.05, 0) is 66.4 Å². The van der Waals surface area contributed by atoms with Gasteiger partial charge in [-0.2, -0.15) is 0 Å². The molecular weight excluding hydrogens is 329 g/mol. The van der Waals surface area contributed by atoms with Crippen LogP contribution in [0.25, 0.3) is 0 Å². The number of benzene rings is 1. The molecule has 5 nitrogen and oxygen atoms in total. The highest BCUT2D eigenvalue weighted by Gasteiger charge is 2.52. The Bertz CT molecular complexity index is 635. The van der Waals surface area contributed by atoms with E-state index in [1.54, 1.807) is 4.90 Å². The van der Waals surface area contributed by atoms with Crippen molar-refractivity contribution in [1.29, 1.82) is 0 Å². The molecule has 0 radical (unpaired) electrons. The Labute approximate surface area is 158 Å². The third-order valence-corrected chi connectivity index (χ3v) is 4.96. The molecule has 2 rings (SSSR count). The highest BCUT2D eigenvalue weighted by atomic mass is 16.7. The molecule has 1 aliphatic rings. The van der Waals surface area contributed by atoms with Crippen LogP contribution >= 0.6 is 0 Å². The predicted octanol–water partition coefficient (Wildman–Crippen LogP) is 3.74. The minimum Gasteiger partial charge on any atom is -0.444 e. The molecule has 0 unspecified atom stereocenters. The minimum atomic E-state index is -0.518. The molecule has 26 heavy (non-hydrogen) atoms. The highest BCUT2D eigenvalue weighted by Crippen LogP contribution is 2.36. The van der Waals surface area contributed by atoms with Crippen LogP contribution in [0.2, 0.25) is 0 Å². The van der Waals surface area contributed by atoms with Gasteiger partial charge < -0.3 is 18.9 Å². The molecule has 144 valence electrons. The lowest BCUT2D eigenvalue weighted by molar-refractivity contribution is 0.00578. The Morgan fingerprint density at radius 3 is 2.15 bits per heavy atom. The van der Waals surface area contributed by atoms with Crippen LogP contribution in [0.1, 0.15) is 61.0 Å². The van der Waals surface area contributed by atoms with Crippen LogP contribution in [0.3, 0.4) is 0 Å². The number of ether oxygens (including phenoxy) is 1. The van der Waals surface area contributed by atoms with Crippen molar-refractivity contribution < 1.29 is 18.8 Å². The highest BCUT2D eigenvalue weighted by molar-refractivity contribution is 6.62. The van der Waals surface area contributed by atoms with E-state index < -0.39 is 23.9 Å². The topological polar surface area (TPSA) is 48.0 Å². The van der Waals surface area contributed by atoms with Crippen LogP contribution in [0.15, 0.2) is 24.3 Å². The van der Waals surface area contributed by atoms with Gasteiger partial charge in [0.05, 0.1) is 11.2 Å². The number of hydrogen-bond acceptors (Lipinski definition) is 4. The molecule has 6 heteroatoms. The molecule has 0 aromatic heterocycles. The maximum atomic E-state index is 12.5. The normalized spacial score (nSPS) is 18.7. The molecule has 0 spiro atoms. The fraction of sp³-hybridized carbons (Fsp3) is 0.650. The number of rotatable bonds is 4. The van der Waals surface area contributed by atoms with Crippen molar-refractivity contribution in [2.75, 3.05) is 6.54 Å². The first-order valence-electron chi connectivity index (χ1n) is 9.27. The molecule has 1 aliphatic heterocycles. The van der Waals surface area contributed by atoms with Gasteiger partial charge in [-0.1, -0.05) is 24.3 Å². The van der Waals surface area contributed by atoms with Gasteiger partial charge in [0.25, 0.3) is 0 Å². The summed E-state index contributed by atoms with van der Waals surface area (Å²) in [6.07, 6.45) is -0.316. The van der Waals surface area contributed by atoms with E-state index in [-0.39, 0.29) is 6.09 Å². The van der Waals surface area contributed by atoms with Crippen LogP contribution in [0, 0.1) is 0 Å². The average Bonchev–Trinajstić information content (AvgIpc) is 2.71. The van der Waals surface area contributed by atoms with Crippen LogP contribution in [-0.2, 0) is 20.6 Å². The summed E-state index contributed by atoms with van der Waals surface area (Å²) in [5.74, 6) is 0. The second-order valence-corrected chi connectivity index (χ2v) is 8.78. The van der Waals surface area contributed by atoms with Crippen molar-refractivity contribution in [2.45, 2.75) is 78.7 Å². The standard InChI is InChI=1S/C20H32BNO4/c1-9-22(17(23)24-18(2,3)4)14-15-12-10-11-13-16(15)21-25-19(5,6)20(7,8)26-21/h10-13H,9,14H2,1-8H3. The van der Waals surface area contributed by atoms with Crippen molar-refractivity contribution in [3.8, 4) is 0 Å². The number of carbonyl (C=O) groups is 1. The molecule has 1 saturated heterocycles. The zero-order valence-electron chi connectivity index (χ0n) is 17.4. The molecular formula is C20H32BNO4. The Kier molecular flexibility index (Phi) is 5.79. The van der Waals surface area contributed by atoms with Crippen LogP contribution in [-0.4, -0.2) is 41.5 Å². The zero-order valence-corrected chi connectivity index (χ0v) is 17.4. The molecule has 0 aliphatic carbocycles. The molecule has 0 atom stereocenters. The van der Waals surface area contributed by atoms with Crippen molar-refractivity contribution in [3.05, 3.63) is 29.8 Å². The zero-order chi connectivity index (χ0) is 19.8. The summed E-state index contributed by atoms with van der Waals surface area (Å²) in [7, 11) is -0.450. The van der Waals surface area contributed by atoms with E-state index in [0.29, 0.717) is 13.1 Å². The summed E-state index contributed by atoms with van der Waals surface area (Å²) >= 11 is 0. The van der Waals surface area contributed by atoms with E-state index in [1.807, 2.05) is 79.7 Å². The van der Waals surface area contributed by atoms with Crippen molar-refractivity contribution in [3.63, 3.8) is 0 Å². The van der Waals surface area contributed by atoms with Crippen molar-refractivity contribution in [1.82, 2.24) is 4.90 Å². The summed E-state index contributed by atoms with van der Waals surface area (Å²) in [6.45, 7) is 16.7. The van der Waals surface area contributed by atoms with Gasteiger partial charge >= 0.3 is 13.2 Å². The summed E-state index contributed by atoms with van der Waals surface area (Å²) < 4.78 is 17.9. The van der Waals surface area contributed by atoms with Crippen molar-refractivity contribution in [2.24, 2.45) is 0 Å². The third kappa shape index (κ3) is 4.60. The fourth-order valence-electron chi connectivity index (χ4n) is 2.72. The van der Waals surface area contributed by atoms with Gasteiger partial charge in [0, 0.05) is 13.1 Å². The summed E-state index contributed by atoms with van der Waals surface area (Å²) in [6, 6.07) is 7.94. The van der Waals surface area contributed by atoms with Gasteiger partial charge in [-0.15, -0.1) is 0 Å². The number of carbonyl (C=O) groups excluding carboxylic acids is 1. The molecule has 1 heterocycles. The fourth-order valence-corrected chi connectivity index (χ4v) is 2.72. The first kappa shape index (κ1) is 20.8. The predicted molar refractivity (Wildman–Crippen MR) is 104 cm³/mol. The smallest absolute Gasteiger partial charge is 0.444 e. The van der Waals surface area contributed by atoms with Gasteiger partial charge in [-0.25, -0.2) is 4.79 Å². The molecule has 1 amide bonds. The van der Waals surface area contributed by atoms with Crippen LogP contribution < -0.4 is 5.46 Å². The van der Waals surface area contributed by atoms with E-state index in [4.69, 9.17) is 14.0 Å². The molecule has 1 aromatic rings. The summed E-state index contributed by atoms with van der Waals surface area (Å²) in [4.78, 5) is 14.2. The Hall–Kier alpha value is -1.53. The first-order chi connectivity index (χ1) is 11.9. The van der Waals surface area contributed by atoms with E-state index in [0.717, 1.165) is 11.0 Å². The largest absolute Gasteiger partial charge is 0.495 e. The van der Waals surface area contributed by atoms with Gasteiger partial charge in [0.1, 0.15) is 5.60 Å². The second-order valence-electron chi connectivity index (χ2n) is 8.78. The minimum absolute atomic E-state index is 0.316. The van der Waals surface area contributed by atoms with Gasteiger partial charge in [0.15, 0.2) is 0 Å². The summed E-state index contributed by atoms with van der Waals surface area (Å²) in [5.41, 5.74) is 0.628. The summed E-state index contributed by atoms with van der Waals surface area (Å²) in [5, 5.41) is 0. The number of nitrogens with zero attached hydrogens (tertiary/aromatic N) is 1. The quantitative estimate of drug-likeness (QED) is 0.767. The molecule has 0 saturated carbocycles. The van der Waals surface area contributed by atoms with Crippen molar-refractivity contribution >= 4 is 18.7 Å². The monoisotopic (exact) mass is 361 g/mol. The van der Waals surface area contributed by atoms with E-state index >= 15 is 0 Å². The average molecular weight is 361 g/mol. The van der Waals surface area contributed by atoms with E-state index in [9.17, 15) is 4.79 Å². The third-order valence-electron chi connectivity index (χ3n) is 4.96. The number of amides is 1. The Morgan fingerprint density at radius 2 is 1.65 bits per heavy atom. The lowest BCUT2D eigenvalue weighted by Crippen LogP contribution is -2.41. The lowest BCUT2D eigenvalue weighted by Gasteiger charge is -2.32. The second kappa shape index (κ2) is 7.24. The van der Waals surface area contributed by atoms with E-state index in [2.05, 4.69) is 0 Å². The Morgan fingerprint density at radius 1 is 1.12 bits per heavy atom. The van der Waals surface area contributed by atoms with Crippen LogP contribution in [0.4, 0.5) is 4.79 Å². The number of hydrogen-bond donors (Lipinski definition) is 0. The molecule has 1 aromatic carbocycles. The SMILES string of the molecule is CCN(Cc1ccccc1B1OC(C)(C)C(C)(C)O1)C(=O)OC(C)(C)C. The lowest BCUT2D eigenvalue weighted by atomic mass is 9.76. The molecule has 0 bridgehead atoms. The van der Waals surface area contributed by atoms with Gasteiger partial charge in [-0.3, -0.25) is 0 Å². The maximum Gasteiger partial charge on any atom is 0.495 e. The molecule has 1 fully saturated rings. The first-order valence-corrected chi connectivity index (χ1v) is 9.27. The Balaban J connectivity index is 2.23.